The minimum absolute atomic E-state index is 0.0458. The van der Waals surface area contributed by atoms with E-state index in [4.69, 9.17) is 19.3 Å². The molecule has 1 aliphatic rings. The standard InChI is InChI=1S/C45H38FN3O5/c1-30-40(44(50)53-27-32-14-6-3-7-15-32)42(41(31(2)47-30)45(51)54-28-33-16-8-4-9-17-33)38-26-49(36-19-10-5-11-20-36)48-43(38)34-22-24-37(25-23-34)52-29-35-18-12-13-21-39(35)46/h3-26,42,47H,27-29H2,1-2H3. The van der Waals surface area contributed by atoms with Gasteiger partial charge in [-0.3, -0.25) is 0 Å². The first-order valence-electron chi connectivity index (χ1n) is 17.6. The number of dihydropyridines is 1. The largest absolute Gasteiger partial charge is 0.489 e. The minimum Gasteiger partial charge on any atom is -0.489 e. The summed E-state index contributed by atoms with van der Waals surface area (Å²) in [5, 5.41) is 8.30. The van der Waals surface area contributed by atoms with E-state index < -0.39 is 17.9 Å². The Morgan fingerprint density at radius 1 is 0.667 bits per heavy atom. The van der Waals surface area contributed by atoms with Gasteiger partial charge in [-0.2, -0.15) is 5.10 Å². The lowest BCUT2D eigenvalue weighted by atomic mass is 9.79. The van der Waals surface area contributed by atoms with Gasteiger partial charge in [0.25, 0.3) is 0 Å². The highest BCUT2D eigenvalue weighted by molar-refractivity contribution is 6.00. The Morgan fingerprint density at radius 3 is 1.74 bits per heavy atom. The summed E-state index contributed by atoms with van der Waals surface area (Å²) in [4.78, 5) is 28.5. The smallest absolute Gasteiger partial charge is 0.337 e. The van der Waals surface area contributed by atoms with Crippen molar-refractivity contribution in [3.05, 3.63) is 196 Å². The van der Waals surface area contributed by atoms with Gasteiger partial charge in [-0.1, -0.05) is 97.1 Å². The lowest BCUT2D eigenvalue weighted by Gasteiger charge is -2.30. The molecule has 2 heterocycles. The van der Waals surface area contributed by atoms with Crippen molar-refractivity contribution in [1.29, 1.82) is 0 Å². The Labute approximate surface area is 313 Å². The van der Waals surface area contributed by atoms with Crippen molar-refractivity contribution in [2.24, 2.45) is 0 Å². The van der Waals surface area contributed by atoms with E-state index in [-0.39, 0.29) is 36.8 Å². The first kappa shape index (κ1) is 35.7. The zero-order chi connectivity index (χ0) is 37.4. The van der Waals surface area contributed by atoms with Gasteiger partial charge in [0.2, 0.25) is 0 Å². The maximum absolute atomic E-state index is 14.3. The van der Waals surface area contributed by atoms with Crippen LogP contribution in [0.3, 0.4) is 0 Å². The third-order valence-electron chi connectivity index (χ3n) is 9.18. The molecular formula is C45H38FN3O5. The molecule has 0 saturated heterocycles. The number of carbonyl (C=O) groups excluding carboxylic acids is 2. The van der Waals surface area contributed by atoms with Gasteiger partial charge in [-0.15, -0.1) is 0 Å². The van der Waals surface area contributed by atoms with Gasteiger partial charge < -0.3 is 19.5 Å². The molecule has 0 saturated carbocycles. The second-order valence-corrected chi connectivity index (χ2v) is 12.9. The summed E-state index contributed by atoms with van der Waals surface area (Å²) in [5.41, 5.74) is 6.35. The molecule has 0 fully saturated rings. The van der Waals surface area contributed by atoms with Gasteiger partial charge in [0.15, 0.2) is 0 Å². The molecule has 1 N–H and O–H groups in total. The third-order valence-corrected chi connectivity index (χ3v) is 9.18. The van der Waals surface area contributed by atoms with Gasteiger partial charge in [0, 0.05) is 34.3 Å². The molecule has 0 spiro atoms. The van der Waals surface area contributed by atoms with Crippen LogP contribution in [-0.2, 0) is 38.9 Å². The van der Waals surface area contributed by atoms with Crippen molar-refractivity contribution in [1.82, 2.24) is 15.1 Å². The Bertz CT molecular complexity index is 2240. The summed E-state index contributed by atoms with van der Waals surface area (Å²) >= 11 is 0. The minimum atomic E-state index is -0.915. The van der Waals surface area contributed by atoms with E-state index >= 15 is 0 Å². The predicted molar refractivity (Wildman–Crippen MR) is 203 cm³/mol. The van der Waals surface area contributed by atoms with E-state index in [0.29, 0.717) is 39.5 Å². The molecule has 5 aromatic carbocycles. The normalized spacial score (nSPS) is 13.0. The summed E-state index contributed by atoms with van der Waals surface area (Å²) < 4.78 is 33.8. The fourth-order valence-corrected chi connectivity index (χ4v) is 6.47. The number of ether oxygens (including phenoxy) is 3. The number of nitrogens with zero attached hydrogens (tertiary/aromatic N) is 2. The number of hydrogen-bond donors (Lipinski definition) is 1. The zero-order valence-corrected chi connectivity index (χ0v) is 29.9. The van der Waals surface area contributed by atoms with Crippen LogP contribution in [-0.4, -0.2) is 21.7 Å². The van der Waals surface area contributed by atoms with E-state index in [1.165, 1.54) is 6.07 Å². The molecule has 54 heavy (non-hydrogen) atoms. The number of esters is 2. The summed E-state index contributed by atoms with van der Waals surface area (Å²) in [6.07, 6.45) is 1.85. The lowest BCUT2D eigenvalue weighted by molar-refractivity contribution is -0.141. The van der Waals surface area contributed by atoms with Crippen LogP contribution in [0.25, 0.3) is 16.9 Å². The number of rotatable bonds is 12. The van der Waals surface area contributed by atoms with Gasteiger partial charge in [0.05, 0.1) is 28.4 Å². The van der Waals surface area contributed by atoms with Crippen molar-refractivity contribution in [2.75, 3.05) is 0 Å². The van der Waals surface area contributed by atoms with Crippen LogP contribution in [0, 0.1) is 5.82 Å². The lowest BCUT2D eigenvalue weighted by Crippen LogP contribution is -2.32. The SMILES string of the molecule is CC1=C(C(=O)OCc2ccccc2)C(c2cn(-c3ccccc3)nc2-c2ccc(OCc3ccccc3F)cc2)C(C(=O)OCc2ccccc2)=C(C)N1. The highest BCUT2D eigenvalue weighted by atomic mass is 19.1. The number of nitrogens with one attached hydrogen (secondary N) is 1. The molecule has 0 amide bonds. The number of allylic oxidation sites excluding steroid dienone is 2. The third kappa shape index (κ3) is 8.00. The number of hydrogen-bond acceptors (Lipinski definition) is 7. The van der Waals surface area contributed by atoms with E-state index in [2.05, 4.69) is 5.32 Å². The molecule has 1 aromatic heterocycles. The average molecular weight is 720 g/mol. The van der Waals surface area contributed by atoms with Crippen molar-refractivity contribution < 1.29 is 28.2 Å². The van der Waals surface area contributed by atoms with Crippen LogP contribution in [0.2, 0.25) is 0 Å². The summed E-state index contributed by atoms with van der Waals surface area (Å²) in [6, 6.07) is 42.2. The molecule has 0 bridgehead atoms. The fraction of sp³-hybridized carbons (Fsp3) is 0.133. The number of aromatic nitrogens is 2. The quantitative estimate of drug-likeness (QED) is 0.126. The second-order valence-electron chi connectivity index (χ2n) is 12.9. The van der Waals surface area contributed by atoms with E-state index in [1.807, 2.05) is 109 Å². The Kier molecular flexibility index (Phi) is 10.8. The van der Waals surface area contributed by atoms with Gasteiger partial charge >= 0.3 is 11.9 Å². The molecule has 0 unspecified atom stereocenters. The monoisotopic (exact) mass is 719 g/mol. The van der Waals surface area contributed by atoms with E-state index in [1.54, 1.807) is 48.9 Å². The van der Waals surface area contributed by atoms with Crippen LogP contribution >= 0.6 is 0 Å². The number of halogens is 1. The van der Waals surface area contributed by atoms with Crippen LogP contribution in [0.5, 0.6) is 5.75 Å². The Morgan fingerprint density at radius 2 is 1.19 bits per heavy atom. The van der Waals surface area contributed by atoms with Crippen molar-refractivity contribution >= 4 is 11.9 Å². The van der Waals surface area contributed by atoms with E-state index in [9.17, 15) is 14.0 Å². The van der Waals surface area contributed by atoms with Gasteiger partial charge in [-0.05, 0) is 67.4 Å². The molecule has 7 rings (SSSR count). The van der Waals surface area contributed by atoms with Crippen LogP contribution in [0.4, 0.5) is 4.39 Å². The molecule has 0 radical (unpaired) electrons. The number of carbonyl (C=O) groups is 2. The van der Waals surface area contributed by atoms with Crippen LogP contribution in [0.1, 0.15) is 42.0 Å². The first-order valence-corrected chi connectivity index (χ1v) is 17.6. The molecule has 8 nitrogen and oxygen atoms in total. The molecule has 0 atom stereocenters. The predicted octanol–water partition coefficient (Wildman–Crippen LogP) is 8.98. The van der Waals surface area contributed by atoms with E-state index in [0.717, 1.165) is 16.8 Å². The average Bonchev–Trinajstić information content (AvgIpc) is 3.65. The molecular weight excluding hydrogens is 682 g/mol. The summed E-state index contributed by atoms with van der Waals surface area (Å²) in [6.45, 7) is 3.75. The number of para-hydroxylation sites is 1. The zero-order valence-electron chi connectivity index (χ0n) is 29.9. The van der Waals surface area contributed by atoms with Crippen molar-refractivity contribution in [3.8, 4) is 22.7 Å². The highest BCUT2D eigenvalue weighted by Crippen LogP contribution is 2.43. The van der Waals surface area contributed by atoms with Gasteiger partial charge in [0.1, 0.15) is 31.4 Å². The molecule has 1 aliphatic heterocycles. The van der Waals surface area contributed by atoms with Crippen molar-refractivity contribution in [3.63, 3.8) is 0 Å². The fourth-order valence-electron chi connectivity index (χ4n) is 6.47. The van der Waals surface area contributed by atoms with Crippen LogP contribution < -0.4 is 10.1 Å². The van der Waals surface area contributed by atoms with Gasteiger partial charge in [-0.25, -0.2) is 18.7 Å². The molecule has 9 heteroatoms. The Balaban J connectivity index is 1.30. The van der Waals surface area contributed by atoms with Crippen LogP contribution in [0.15, 0.2) is 168 Å². The number of benzene rings is 5. The molecule has 6 aromatic rings. The highest BCUT2D eigenvalue weighted by Gasteiger charge is 2.40. The second kappa shape index (κ2) is 16.3. The maximum atomic E-state index is 14.3. The Hall–Kier alpha value is -6.74. The summed E-state index contributed by atoms with van der Waals surface area (Å²) in [7, 11) is 0. The first-order chi connectivity index (χ1) is 26.4. The maximum Gasteiger partial charge on any atom is 0.337 e. The molecule has 270 valence electrons. The molecule has 0 aliphatic carbocycles. The summed E-state index contributed by atoms with van der Waals surface area (Å²) in [5.74, 6) is -1.87. The topological polar surface area (TPSA) is 91.7 Å². The van der Waals surface area contributed by atoms with Crippen molar-refractivity contribution in [2.45, 2.75) is 39.6 Å².